The summed E-state index contributed by atoms with van der Waals surface area (Å²) in [5.74, 6) is 1.72. The van der Waals surface area contributed by atoms with E-state index in [0.29, 0.717) is 16.8 Å². The lowest BCUT2D eigenvalue weighted by Crippen LogP contribution is -2.04. The zero-order valence-electron chi connectivity index (χ0n) is 11.2. The lowest BCUT2D eigenvalue weighted by Gasteiger charge is -2.02. The summed E-state index contributed by atoms with van der Waals surface area (Å²) in [6.07, 6.45) is 0. The van der Waals surface area contributed by atoms with Gasteiger partial charge in [0.15, 0.2) is 11.0 Å². The van der Waals surface area contributed by atoms with Crippen LogP contribution in [0, 0.1) is 0 Å². The number of hydrogen-bond acceptors (Lipinski definition) is 5. The van der Waals surface area contributed by atoms with E-state index in [2.05, 4.69) is 15.3 Å². The van der Waals surface area contributed by atoms with Gasteiger partial charge < -0.3 is 10.5 Å². The second-order valence-electron chi connectivity index (χ2n) is 4.31. The zero-order chi connectivity index (χ0) is 14.8. The first-order valence-electron chi connectivity index (χ1n) is 6.17. The molecule has 0 atom stereocenters. The van der Waals surface area contributed by atoms with Crippen LogP contribution in [0.25, 0.3) is 17.1 Å². The minimum Gasteiger partial charge on any atom is -0.497 e. The van der Waals surface area contributed by atoms with Gasteiger partial charge in [-0.05, 0) is 24.3 Å². The van der Waals surface area contributed by atoms with Crippen molar-refractivity contribution in [3.63, 3.8) is 0 Å². The molecular formula is C14H12ClN5O. The number of nitrogen functional groups attached to an aromatic ring is 1. The van der Waals surface area contributed by atoms with Crippen LogP contribution in [0.4, 0.5) is 5.82 Å². The maximum absolute atomic E-state index is 5.99. The van der Waals surface area contributed by atoms with Crippen molar-refractivity contribution in [2.75, 3.05) is 12.8 Å². The van der Waals surface area contributed by atoms with Gasteiger partial charge in [0.1, 0.15) is 11.6 Å². The normalized spacial score (nSPS) is 10.6. The summed E-state index contributed by atoms with van der Waals surface area (Å²) >= 11 is 5.72. The van der Waals surface area contributed by atoms with Gasteiger partial charge in [0.2, 0.25) is 0 Å². The molecule has 6 nitrogen and oxygen atoms in total. The third kappa shape index (κ3) is 2.66. The van der Waals surface area contributed by atoms with Gasteiger partial charge in [0, 0.05) is 11.6 Å². The minimum absolute atomic E-state index is 0.317. The third-order valence-corrected chi connectivity index (χ3v) is 3.14. The highest BCUT2D eigenvalue weighted by molar-refractivity contribution is 6.29. The Kier molecular flexibility index (Phi) is 3.45. The molecule has 0 unspecified atom stereocenters. The number of benzene rings is 1. The maximum atomic E-state index is 5.99. The fourth-order valence-electron chi connectivity index (χ4n) is 1.92. The van der Waals surface area contributed by atoms with E-state index in [1.807, 2.05) is 24.3 Å². The molecule has 3 rings (SSSR count). The largest absolute Gasteiger partial charge is 0.497 e. The van der Waals surface area contributed by atoms with Gasteiger partial charge in [-0.3, -0.25) is 0 Å². The second kappa shape index (κ2) is 5.41. The van der Waals surface area contributed by atoms with Crippen molar-refractivity contribution in [2.45, 2.75) is 0 Å². The van der Waals surface area contributed by atoms with Crippen molar-refractivity contribution in [1.82, 2.24) is 20.0 Å². The number of nitrogens with zero attached hydrogens (tertiary/aromatic N) is 4. The van der Waals surface area contributed by atoms with E-state index in [4.69, 9.17) is 22.1 Å². The molecule has 0 radical (unpaired) electrons. The quantitative estimate of drug-likeness (QED) is 0.804. The van der Waals surface area contributed by atoms with E-state index in [9.17, 15) is 0 Å². The Balaban J connectivity index is 2.02. The van der Waals surface area contributed by atoms with Crippen LogP contribution < -0.4 is 10.5 Å². The Morgan fingerprint density at radius 3 is 2.71 bits per heavy atom. The SMILES string of the molecule is COc1cccc(-c2cc(N)n(-c3ccc(Cl)nn3)n2)c1. The van der Waals surface area contributed by atoms with Crippen LogP contribution in [0.15, 0.2) is 42.5 Å². The molecule has 0 bridgehead atoms. The van der Waals surface area contributed by atoms with E-state index in [1.165, 1.54) is 4.68 Å². The van der Waals surface area contributed by atoms with Gasteiger partial charge in [0.25, 0.3) is 0 Å². The van der Waals surface area contributed by atoms with Crippen LogP contribution in [0.5, 0.6) is 5.75 Å². The molecule has 0 fully saturated rings. The molecule has 0 aliphatic carbocycles. The molecule has 0 aliphatic rings. The molecule has 2 heterocycles. The molecule has 0 saturated carbocycles. The molecule has 3 aromatic rings. The number of anilines is 1. The highest BCUT2D eigenvalue weighted by Crippen LogP contribution is 2.25. The number of hydrogen-bond donors (Lipinski definition) is 1. The van der Waals surface area contributed by atoms with Gasteiger partial charge in [-0.1, -0.05) is 23.7 Å². The molecule has 21 heavy (non-hydrogen) atoms. The Morgan fingerprint density at radius 2 is 2.00 bits per heavy atom. The van der Waals surface area contributed by atoms with Crippen molar-refractivity contribution in [1.29, 1.82) is 0 Å². The molecule has 0 spiro atoms. The van der Waals surface area contributed by atoms with Gasteiger partial charge in [0.05, 0.1) is 12.8 Å². The van der Waals surface area contributed by atoms with E-state index in [0.717, 1.165) is 17.0 Å². The van der Waals surface area contributed by atoms with Crippen molar-refractivity contribution < 1.29 is 4.74 Å². The summed E-state index contributed by atoms with van der Waals surface area (Å²) in [7, 11) is 1.62. The highest BCUT2D eigenvalue weighted by atomic mass is 35.5. The lowest BCUT2D eigenvalue weighted by molar-refractivity contribution is 0.415. The predicted molar refractivity (Wildman–Crippen MR) is 80.6 cm³/mol. The number of halogens is 1. The molecule has 2 aromatic heterocycles. The minimum atomic E-state index is 0.317. The van der Waals surface area contributed by atoms with E-state index in [1.54, 1.807) is 25.3 Å². The fourth-order valence-corrected chi connectivity index (χ4v) is 2.03. The van der Waals surface area contributed by atoms with Crippen LogP contribution in [-0.4, -0.2) is 27.1 Å². The number of ether oxygens (including phenoxy) is 1. The van der Waals surface area contributed by atoms with Crippen LogP contribution in [-0.2, 0) is 0 Å². The van der Waals surface area contributed by atoms with Crippen molar-refractivity contribution in [2.24, 2.45) is 0 Å². The molecule has 2 N–H and O–H groups in total. The highest BCUT2D eigenvalue weighted by Gasteiger charge is 2.10. The summed E-state index contributed by atoms with van der Waals surface area (Å²) in [4.78, 5) is 0. The van der Waals surface area contributed by atoms with Crippen LogP contribution >= 0.6 is 11.6 Å². The zero-order valence-corrected chi connectivity index (χ0v) is 11.9. The lowest BCUT2D eigenvalue weighted by atomic mass is 10.1. The standard InChI is InChI=1S/C14H12ClN5O/c1-21-10-4-2-3-9(7-10)11-8-13(16)20(19-11)14-6-5-12(15)17-18-14/h2-8H,16H2,1H3. The Hall–Kier alpha value is -2.60. The Bertz CT molecular complexity index is 769. The number of rotatable bonds is 3. The van der Waals surface area contributed by atoms with E-state index >= 15 is 0 Å². The third-order valence-electron chi connectivity index (χ3n) is 2.94. The summed E-state index contributed by atoms with van der Waals surface area (Å²) < 4.78 is 6.72. The van der Waals surface area contributed by atoms with Gasteiger partial charge >= 0.3 is 0 Å². The van der Waals surface area contributed by atoms with Crippen molar-refractivity contribution >= 4 is 17.4 Å². The number of methoxy groups -OCH3 is 1. The maximum Gasteiger partial charge on any atom is 0.178 e. The monoisotopic (exact) mass is 301 g/mol. The van der Waals surface area contributed by atoms with E-state index in [-0.39, 0.29) is 0 Å². The Morgan fingerprint density at radius 1 is 1.14 bits per heavy atom. The van der Waals surface area contributed by atoms with Gasteiger partial charge in [-0.15, -0.1) is 10.2 Å². The van der Waals surface area contributed by atoms with Crippen molar-refractivity contribution in [3.8, 4) is 22.8 Å². The number of nitrogens with two attached hydrogens (primary N) is 1. The Labute approximate surface area is 126 Å². The first-order valence-corrected chi connectivity index (χ1v) is 6.55. The summed E-state index contributed by atoms with van der Waals surface area (Å²) in [5.41, 5.74) is 7.62. The average molecular weight is 302 g/mol. The van der Waals surface area contributed by atoms with Gasteiger partial charge in [-0.25, -0.2) is 0 Å². The average Bonchev–Trinajstić information content (AvgIpc) is 2.90. The molecular weight excluding hydrogens is 290 g/mol. The first kappa shape index (κ1) is 13.4. The van der Waals surface area contributed by atoms with Crippen LogP contribution in [0.2, 0.25) is 5.15 Å². The van der Waals surface area contributed by atoms with Crippen LogP contribution in [0.3, 0.4) is 0 Å². The molecule has 106 valence electrons. The number of aromatic nitrogens is 4. The fraction of sp³-hybridized carbons (Fsp3) is 0.0714. The summed E-state index contributed by atoms with van der Waals surface area (Å²) in [5, 5.41) is 12.5. The molecule has 0 aliphatic heterocycles. The predicted octanol–water partition coefficient (Wildman–Crippen LogP) is 2.57. The molecule has 0 saturated heterocycles. The van der Waals surface area contributed by atoms with E-state index < -0.39 is 0 Å². The topological polar surface area (TPSA) is 78.9 Å². The molecule has 0 amide bonds. The van der Waals surface area contributed by atoms with Crippen molar-refractivity contribution in [3.05, 3.63) is 47.6 Å². The summed E-state index contributed by atoms with van der Waals surface area (Å²) in [6, 6.07) is 12.7. The summed E-state index contributed by atoms with van der Waals surface area (Å²) in [6.45, 7) is 0. The first-order chi connectivity index (χ1) is 10.2. The molecule has 7 heteroatoms. The second-order valence-corrected chi connectivity index (χ2v) is 4.70. The van der Waals surface area contributed by atoms with Gasteiger partial charge in [-0.2, -0.15) is 9.78 Å². The molecule has 1 aromatic carbocycles. The smallest absolute Gasteiger partial charge is 0.178 e. The van der Waals surface area contributed by atoms with Crippen LogP contribution in [0.1, 0.15) is 0 Å².